The molecule has 1 amide bonds. The lowest BCUT2D eigenvalue weighted by atomic mass is 9.93. The van der Waals surface area contributed by atoms with E-state index in [1.165, 1.54) is 12.4 Å². The molecule has 2 fully saturated rings. The zero-order chi connectivity index (χ0) is 17.2. The van der Waals surface area contributed by atoms with Crippen LogP contribution >= 0.6 is 11.3 Å². The Hall–Kier alpha value is -1.90. The molecule has 4 heterocycles. The van der Waals surface area contributed by atoms with Crippen molar-refractivity contribution >= 4 is 17.2 Å². The summed E-state index contributed by atoms with van der Waals surface area (Å²) < 4.78 is 5.96. The number of ether oxygens (including phenoxy) is 1. The third-order valence-electron chi connectivity index (χ3n) is 4.86. The average Bonchev–Trinajstić information content (AvgIpc) is 3.30. The molecule has 0 spiro atoms. The lowest BCUT2D eigenvalue weighted by Gasteiger charge is -2.19. The fourth-order valence-corrected chi connectivity index (χ4v) is 4.43. The Morgan fingerprint density at radius 3 is 3.12 bits per heavy atom. The van der Waals surface area contributed by atoms with Crippen molar-refractivity contribution in [1.29, 1.82) is 0 Å². The van der Waals surface area contributed by atoms with Gasteiger partial charge in [-0.2, -0.15) is 0 Å². The highest BCUT2D eigenvalue weighted by atomic mass is 32.1. The number of hydrogen-bond donors (Lipinski definition) is 1. The molecule has 2 saturated heterocycles. The Morgan fingerprint density at radius 2 is 2.36 bits per heavy atom. The summed E-state index contributed by atoms with van der Waals surface area (Å²) in [5.74, 6) is 0.626. The van der Waals surface area contributed by atoms with Crippen molar-refractivity contribution in [3.63, 3.8) is 0 Å². The molecular weight excluding hydrogens is 338 g/mol. The molecule has 3 atom stereocenters. The molecule has 2 aromatic heterocycles. The number of fused-ring (bicyclic) bond motifs is 1. The van der Waals surface area contributed by atoms with Crippen LogP contribution in [0.4, 0.5) is 0 Å². The molecule has 0 bridgehead atoms. The van der Waals surface area contributed by atoms with Crippen LogP contribution in [0, 0.1) is 18.8 Å². The van der Waals surface area contributed by atoms with E-state index in [-0.39, 0.29) is 12.0 Å². The summed E-state index contributed by atoms with van der Waals surface area (Å²) in [5, 5.41) is 6.22. The van der Waals surface area contributed by atoms with Gasteiger partial charge in [0.25, 0.3) is 5.91 Å². The van der Waals surface area contributed by atoms with E-state index >= 15 is 0 Å². The molecule has 132 valence electrons. The lowest BCUT2D eigenvalue weighted by molar-refractivity contribution is 0.0901. The summed E-state index contributed by atoms with van der Waals surface area (Å²) in [7, 11) is 0. The molecule has 8 heteroatoms. The average molecular weight is 359 g/mol. The van der Waals surface area contributed by atoms with E-state index in [2.05, 4.69) is 30.5 Å². The maximum Gasteiger partial charge on any atom is 0.271 e. The summed E-state index contributed by atoms with van der Waals surface area (Å²) >= 11 is 1.71. The second kappa shape index (κ2) is 7.15. The van der Waals surface area contributed by atoms with Crippen LogP contribution in [0.1, 0.15) is 21.2 Å². The molecule has 0 saturated carbocycles. The maximum absolute atomic E-state index is 12.1. The van der Waals surface area contributed by atoms with E-state index in [1.54, 1.807) is 17.5 Å². The van der Waals surface area contributed by atoms with Gasteiger partial charge in [-0.25, -0.2) is 9.97 Å². The highest BCUT2D eigenvalue weighted by Crippen LogP contribution is 2.34. The molecule has 0 unspecified atom stereocenters. The van der Waals surface area contributed by atoms with Gasteiger partial charge in [-0.3, -0.25) is 14.7 Å². The Bertz CT molecular complexity index is 738. The fourth-order valence-electron chi connectivity index (χ4n) is 3.62. The number of nitrogens with zero attached hydrogens (tertiary/aromatic N) is 4. The smallest absolute Gasteiger partial charge is 0.271 e. The Kier molecular flexibility index (Phi) is 4.74. The third kappa shape index (κ3) is 3.70. The molecule has 2 aliphatic heterocycles. The van der Waals surface area contributed by atoms with Crippen LogP contribution in [0.5, 0.6) is 0 Å². The number of carbonyl (C=O) groups is 1. The lowest BCUT2D eigenvalue weighted by Crippen LogP contribution is -2.34. The number of aromatic nitrogens is 3. The second-order valence-electron chi connectivity index (χ2n) is 6.67. The van der Waals surface area contributed by atoms with Gasteiger partial charge in [-0.15, -0.1) is 11.3 Å². The van der Waals surface area contributed by atoms with E-state index in [0.717, 1.165) is 30.3 Å². The van der Waals surface area contributed by atoms with E-state index in [0.29, 0.717) is 30.7 Å². The molecule has 7 nitrogen and oxygen atoms in total. The SMILES string of the molecule is Cc1csc(CN2C[C@@H]3[C@H](CNC(=O)c4cnccn4)CO[C@@H]3C2)n1. The van der Waals surface area contributed by atoms with Crippen molar-refractivity contribution < 1.29 is 9.53 Å². The fraction of sp³-hybridized carbons (Fsp3) is 0.529. The molecule has 4 rings (SSSR count). The summed E-state index contributed by atoms with van der Waals surface area (Å²) in [5.41, 5.74) is 1.44. The van der Waals surface area contributed by atoms with Crippen molar-refractivity contribution in [3.8, 4) is 0 Å². The number of carbonyl (C=O) groups excluding carboxylic acids is 1. The molecule has 0 aliphatic carbocycles. The van der Waals surface area contributed by atoms with Crippen LogP contribution in [-0.4, -0.2) is 58.1 Å². The zero-order valence-electron chi connectivity index (χ0n) is 14.1. The number of hydrogen-bond acceptors (Lipinski definition) is 7. The first-order valence-electron chi connectivity index (χ1n) is 8.48. The van der Waals surface area contributed by atoms with Crippen LogP contribution in [0.3, 0.4) is 0 Å². The minimum Gasteiger partial charge on any atom is -0.376 e. The second-order valence-corrected chi connectivity index (χ2v) is 7.62. The first-order valence-corrected chi connectivity index (χ1v) is 9.36. The van der Waals surface area contributed by atoms with Gasteiger partial charge in [0.1, 0.15) is 10.7 Å². The van der Waals surface area contributed by atoms with Crippen molar-refractivity contribution in [2.45, 2.75) is 19.6 Å². The summed E-state index contributed by atoms with van der Waals surface area (Å²) in [4.78, 5) is 27.0. The summed E-state index contributed by atoms with van der Waals surface area (Å²) in [6.45, 7) is 6.17. The normalized spacial score (nSPS) is 25.9. The van der Waals surface area contributed by atoms with Gasteiger partial charge < -0.3 is 10.1 Å². The summed E-state index contributed by atoms with van der Waals surface area (Å²) in [6, 6.07) is 0. The van der Waals surface area contributed by atoms with Gasteiger partial charge in [0.2, 0.25) is 0 Å². The molecule has 2 aromatic rings. The van der Waals surface area contributed by atoms with Crippen LogP contribution in [0.25, 0.3) is 0 Å². The highest BCUT2D eigenvalue weighted by molar-refractivity contribution is 7.09. The van der Waals surface area contributed by atoms with Gasteiger partial charge in [-0.1, -0.05) is 0 Å². The monoisotopic (exact) mass is 359 g/mol. The van der Waals surface area contributed by atoms with Gasteiger partial charge in [0, 0.05) is 54.9 Å². The van der Waals surface area contributed by atoms with E-state index in [9.17, 15) is 4.79 Å². The quantitative estimate of drug-likeness (QED) is 0.862. The Morgan fingerprint density at radius 1 is 1.44 bits per heavy atom. The van der Waals surface area contributed by atoms with Crippen molar-refractivity contribution in [1.82, 2.24) is 25.2 Å². The van der Waals surface area contributed by atoms with E-state index in [4.69, 9.17) is 4.74 Å². The van der Waals surface area contributed by atoms with Crippen molar-refractivity contribution in [3.05, 3.63) is 40.4 Å². The van der Waals surface area contributed by atoms with Gasteiger partial charge in [0.05, 0.1) is 25.5 Å². The topological polar surface area (TPSA) is 80.2 Å². The molecule has 1 N–H and O–H groups in total. The minimum absolute atomic E-state index is 0.176. The largest absolute Gasteiger partial charge is 0.376 e. The minimum atomic E-state index is -0.176. The van der Waals surface area contributed by atoms with Crippen LogP contribution in [0.15, 0.2) is 24.0 Å². The Balaban J connectivity index is 1.30. The van der Waals surface area contributed by atoms with Gasteiger partial charge >= 0.3 is 0 Å². The number of thiazole rings is 1. The molecule has 0 radical (unpaired) electrons. The summed E-state index contributed by atoms with van der Waals surface area (Å²) in [6.07, 6.45) is 4.83. The molecule has 25 heavy (non-hydrogen) atoms. The Labute approximate surface area is 150 Å². The number of aryl methyl sites for hydroxylation is 1. The zero-order valence-corrected chi connectivity index (χ0v) is 14.9. The number of nitrogens with one attached hydrogen (secondary N) is 1. The number of amides is 1. The van der Waals surface area contributed by atoms with Crippen molar-refractivity contribution in [2.24, 2.45) is 11.8 Å². The maximum atomic E-state index is 12.1. The van der Waals surface area contributed by atoms with Gasteiger partial charge in [-0.05, 0) is 6.92 Å². The van der Waals surface area contributed by atoms with E-state index < -0.39 is 0 Å². The van der Waals surface area contributed by atoms with Crippen molar-refractivity contribution in [2.75, 3.05) is 26.2 Å². The first kappa shape index (κ1) is 16.6. The van der Waals surface area contributed by atoms with Crippen LogP contribution < -0.4 is 5.32 Å². The molecular formula is C17H21N5O2S. The predicted molar refractivity (Wildman–Crippen MR) is 93.2 cm³/mol. The molecule has 0 aromatic carbocycles. The third-order valence-corrected chi connectivity index (χ3v) is 5.81. The highest BCUT2D eigenvalue weighted by Gasteiger charge is 2.43. The first-order chi connectivity index (χ1) is 12.2. The number of likely N-dealkylation sites (tertiary alicyclic amines) is 1. The van der Waals surface area contributed by atoms with Crippen LogP contribution in [-0.2, 0) is 11.3 Å². The van der Waals surface area contributed by atoms with Crippen LogP contribution in [0.2, 0.25) is 0 Å². The number of rotatable bonds is 5. The predicted octanol–water partition coefficient (Wildman–Crippen LogP) is 1.12. The van der Waals surface area contributed by atoms with Gasteiger partial charge in [0.15, 0.2) is 0 Å². The standard InChI is InChI=1S/C17H21N5O2S/c1-11-10-25-16(21-11)8-22-6-13-12(9-24-15(13)7-22)4-20-17(23)14-5-18-2-3-19-14/h2-3,5,10,12-13,15H,4,6-9H2,1H3,(H,20,23)/t12-,13-,15-/m1/s1. The molecule has 2 aliphatic rings. The van der Waals surface area contributed by atoms with E-state index in [1.807, 2.05) is 6.92 Å².